The third kappa shape index (κ3) is 5.66. The van der Waals surface area contributed by atoms with Crippen LogP contribution in [0.1, 0.15) is 24.5 Å². The van der Waals surface area contributed by atoms with E-state index in [4.69, 9.17) is 11.6 Å². The van der Waals surface area contributed by atoms with Gasteiger partial charge >= 0.3 is 6.18 Å². The number of nitrogens with one attached hydrogen (secondary N) is 1. The van der Waals surface area contributed by atoms with Gasteiger partial charge in [0.15, 0.2) is 0 Å². The van der Waals surface area contributed by atoms with Crippen LogP contribution >= 0.6 is 11.6 Å². The number of anilines is 1. The van der Waals surface area contributed by atoms with Gasteiger partial charge in [-0.3, -0.25) is 4.79 Å². The molecule has 0 unspecified atom stereocenters. The van der Waals surface area contributed by atoms with Crippen LogP contribution in [0.5, 0.6) is 0 Å². The second-order valence-corrected chi connectivity index (χ2v) is 6.19. The molecule has 26 heavy (non-hydrogen) atoms. The van der Waals surface area contributed by atoms with Crippen LogP contribution in [0.2, 0.25) is 5.02 Å². The third-order valence-corrected chi connectivity index (χ3v) is 4.13. The van der Waals surface area contributed by atoms with Gasteiger partial charge in [-0.1, -0.05) is 41.9 Å². The minimum absolute atomic E-state index is 0.0129. The van der Waals surface area contributed by atoms with E-state index in [-0.39, 0.29) is 29.6 Å². The van der Waals surface area contributed by atoms with Gasteiger partial charge in [-0.15, -0.1) is 0 Å². The Hall–Kier alpha value is -2.21. The zero-order valence-corrected chi connectivity index (χ0v) is 15.1. The normalized spacial score (nSPS) is 11.3. The first-order valence-corrected chi connectivity index (χ1v) is 8.61. The van der Waals surface area contributed by atoms with E-state index in [9.17, 15) is 18.0 Å². The highest BCUT2D eigenvalue weighted by molar-refractivity contribution is 6.30. The number of rotatable bonds is 7. The molecular weight excluding hydrogens is 365 g/mol. The maximum atomic E-state index is 13.1. The fraction of sp³-hybridized carbons (Fsp3) is 0.316. The molecule has 140 valence electrons. The molecule has 0 aromatic heterocycles. The van der Waals surface area contributed by atoms with Gasteiger partial charge in [0.1, 0.15) is 0 Å². The van der Waals surface area contributed by atoms with Gasteiger partial charge in [0.25, 0.3) is 0 Å². The number of carbonyl (C=O) groups excluding carboxylic acids is 1. The van der Waals surface area contributed by atoms with Gasteiger partial charge in [0.2, 0.25) is 5.91 Å². The van der Waals surface area contributed by atoms with Crippen molar-refractivity contribution in [1.82, 2.24) is 4.90 Å². The standard InChI is InChI=1S/C19H20ClF3N2O/c1-2-25(13-14-6-4-3-5-7-14)18(26)10-11-24-17-9-8-15(20)12-16(17)19(21,22)23/h3-9,12,24H,2,10-11,13H2,1H3. The Morgan fingerprint density at radius 1 is 1.15 bits per heavy atom. The van der Waals surface area contributed by atoms with E-state index in [1.807, 2.05) is 37.3 Å². The zero-order valence-electron chi connectivity index (χ0n) is 14.3. The van der Waals surface area contributed by atoms with Crippen molar-refractivity contribution in [2.45, 2.75) is 26.1 Å². The number of benzene rings is 2. The Morgan fingerprint density at radius 3 is 2.46 bits per heavy atom. The third-order valence-electron chi connectivity index (χ3n) is 3.89. The van der Waals surface area contributed by atoms with Crippen LogP contribution in [0.15, 0.2) is 48.5 Å². The van der Waals surface area contributed by atoms with Gasteiger partial charge in [-0.05, 0) is 30.7 Å². The van der Waals surface area contributed by atoms with Crippen LogP contribution < -0.4 is 5.32 Å². The molecule has 1 amide bonds. The summed E-state index contributed by atoms with van der Waals surface area (Å²) in [6.45, 7) is 2.98. The summed E-state index contributed by atoms with van der Waals surface area (Å²) in [5.41, 5.74) is 0.0857. The highest BCUT2D eigenvalue weighted by atomic mass is 35.5. The van der Waals surface area contributed by atoms with Crippen LogP contribution in [0.3, 0.4) is 0 Å². The Labute approximate surface area is 155 Å². The van der Waals surface area contributed by atoms with E-state index < -0.39 is 11.7 Å². The van der Waals surface area contributed by atoms with E-state index in [0.717, 1.165) is 11.6 Å². The van der Waals surface area contributed by atoms with Crippen molar-refractivity contribution in [3.63, 3.8) is 0 Å². The molecule has 0 radical (unpaired) electrons. The molecule has 0 aliphatic rings. The second kappa shape index (κ2) is 8.94. The van der Waals surface area contributed by atoms with E-state index in [0.29, 0.717) is 13.1 Å². The molecule has 0 saturated carbocycles. The molecule has 0 fully saturated rings. The van der Waals surface area contributed by atoms with E-state index in [2.05, 4.69) is 5.32 Å². The monoisotopic (exact) mass is 384 g/mol. The summed E-state index contributed by atoms with van der Waals surface area (Å²) in [6.07, 6.45) is -4.42. The molecule has 0 bridgehead atoms. The van der Waals surface area contributed by atoms with Crippen LogP contribution in [0, 0.1) is 0 Å². The lowest BCUT2D eigenvalue weighted by molar-refractivity contribution is -0.137. The molecule has 1 N–H and O–H groups in total. The quantitative estimate of drug-likeness (QED) is 0.710. The lowest BCUT2D eigenvalue weighted by Gasteiger charge is -2.21. The van der Waals surface area contributed by atoms with Crippen LogP contribution in [-0.2, 0) is 17.5 Å². The summed E-state index contributed by atoms with van der Waals surface area (Å²) in [4.78, 5) is 14.0. The maximum absolute atomic E-state index is 13.1. The molecule has 2 aromatic rings. The van der Waals surface area contributed by atoms with Gasteiger partial charge in [0.05, 0.1) is 5.56 Å². The summed E-state index contributed by atoms with van der Waals surface area (Å²) in [5, 5.41) is 2.71. The molecule has 0 aliphatic heterocycles. The van der Waals surface area contributed by atoms with Gasteiger partial charge < -0.3 is 10.2 Å². The fourth-order valence-electron chi connectivity index (χ4n) is 2.55. The minimum atomic E-state index is -4.51. The number of halogens is 4. The summed E-state index contributed by atoms with van der Waals surface area (Å²) in [6, 6.07) is 13.1. The lowest BCUT2D eigenvalue weighted by atomic mass is 10.1. The molecule has 0 atom stereocenters. The van der Waals surface area contributed by atoms with E-state index in [1.54, 1.807) is 4.90 Å². The summed E-state index contributed by atoms with van der Waals surface area (Å²) < 4.78 is 39.2. The number of carbonyl (C=O) groups is 1. The number of hydrogen-bond acceptors (Lipinski definition) is 2. The Balaban J connectivity index is 1.95. The Morgan fingerprint density at radius 2 is 1.85 bits per heavy atom. The maximum Gasteiger partial charge on any atom is 0.418 e. The number of nitrogens with zero attached hydrogens (tertiary/aromatic N) is 1. The number of alkyl halides is 3. The Kier molecular flexibility index (Phi) is 6.91. The molecule has 0 heterocycles. The molecule has 0 saturated heterocycles. The number of hydrogen-bond donors (Lipinski definition) is 1. The predicted molar refractivity (Wildman–Crippen MR) is 97.1 cm³/mol. The van der Waals surface area contributed by atoms with Gasteiger partial charge in [0, 0.05) is 36.8 Å². The molecule has 2 rings (SSSR count). The first-order chi connectivity index (χ1) is 12.3. The zero-order chi connectivity index (χ0) is 19.2. The van der Waals surface area contributed by atoms with Crippen LogP contribution in [0.25, 0.3) is 0 Å². The predicted octanol–water partition coefficient (Wildman–Crippen LogP) is 5.21. The highest BCUT2D eigenvalue weighted by Crippen LogP contribution is 2.36. The van der Waals surface area contributed by atoms with Crippen molar-refractivity contribution in [1.29, 1.82) is 0 Å². The molecule has 0 spiro atoms. The van der Waals surface area contributed by atoms with Crippen molar-refractivity contribution < 1.29 is 18.0 Å². The average molecular weight is 385 g/mol. The molecular formula is C19H20ClF3N2O. The van der Waals surface area contributed by atoms with Crippen molar-refractivity contribution in [3.05, 3.63) is 64.7 Å². The number of amides is 1. The average Bonchev–Trinajstić information content (AvgIpc) is 2.60. The minimum Gasteiger partial charge on any atom is -0.384 e. The second-order valence-electron chi connectivity index (χ2n) is 5.76. The molecule has 2 aromatic carbocycles. The summed E-state index contributed by atoms with van der Waals surface area (Å²) in [5.74, 6) is -0.119. The van der Waals surface area contributed by atoms with E-state index in [1.165, 1.54) is 12.1 Å². The SMILES string of the molecule is CCN(Cc1ccccc1)C(=O)CCNc1ccc(Cl)cc1C(F)(F)F. The molecule has 7 heteroatoms. The van der Waals surface area contributed by atoms with Gasteiger partial charge in [-0.25, -0.2) is 0 Å². The van der Waals surface area contributed by atoms with Crippen LogP contribution in [0.4, 0.5) is 18.9 Å². The van der Waals surface area contributed by atoms with Crippen molar-refractivity contribution in [2.24, 2.45) is 0 Å². The Bertz CT molecular complexity index is 735. The topological polar surface area (TPSA) is 32.3 Å². The molecule has 0 aliphatic carbocycles. The van der Waals surface area contributed by atoms with E-state index >= 15 is 0 Å². The largest absolute Gasteiger partial charge is 0.418 e. The van der Waals surface area contributed by atoms with Crippen molar-refractivity contribution in [3.8, 4) is 0 Å². The first-order valence-electron chi connectivity index (χ1n) is 8.23. The van der Waals surface area contributed by atoms with Crippen LogP contribution in [-0.4, -0.2) is 23.9 Å². The van der Waals surface area contributed by atoms with Gasteiger partial charge in [-0.2, -0.15) is 13.2 Å². The lowest BCUT2D eigenvalue weighted by Crippen LogP contribution is -2.31. The summed E-state index contributed by atoms with van der Waals surface area (Å²) in [7, 11) is 0. The smallest absolute Gasteiger partial charge is 0.384 e. The summed E-state index contributed by atoms with van der Waals surface area (Å²) >= 11 is 5.66. The highest BCUT2D eigenvalue weighted by Gasteiger charge is 2.33. The van der Waals surface area contributed by atoms with Crippen molar-refractivity contribution in [2.75, 3.05) is 18.4 Å². The van der Waals surface area contributed by atoms with Crippen molar-refractivity contribution >= 4 is 23.2 Å². The fourth-order valence-corrected chi connectivity index (χ4v) is 2.72. The molecule has 3 nitrogen and oxygen atoms in total. The first kappa shape index (κ1) is 20.1.